The van der Waals surface area contributed by atoms with Crippen molar-refractivity contribution in [3.63, 3.8) is 0 Å². The second kappa shape index (κ2) is 6.73. The summed E-state index contributed by atoms with van der Waals surface area (Å²) in [6.07, 6.45) is -0.126. The molecule has 1 aliphatic rings. The molecule has 2 amide bonds. The van der Waals surface area contributed by atoms with Crippen LogP contribution in [0.5, 0.6) is 0 Å². The molecule has 0 aliphatic carbocycles. The first-order valence-electron chi connectivity index (χ1n) is 7.64. The van der Waals surface area contributed by atoms with Crippen LogP contribution in [-0.2, 0) is 4.74 Å². The van der Waals surface area contributed by atoms with Crippen molar-refractivity contribution in [1.82, 2.24) is 15.8 Å². The van der Waals surface area contributed by atoms with E-state index in [-0.39, 0.29) is 17.5 Å². The van der Waals surface area contributed by atoms with Crippen molar-refractivity contribution in [2.75, 3.05) is 6.54 Å². The minimum Gasteiger partial charge on any atom is -0.465 e. The zero-order valence-corrected chi connectivity index (χ0v) is 14.4. The molecule has 1 saturated heterocycles. The van der Waals surface area contributed by atoms with Crippen LogP contribution in [0.25, 0.3) is 0 Å². The van der Waals surface area contributed by atoms with Gasteiger partial charge in [0.2, 0.25) is 0 Å². The van der Waals surface area contributed by atoms with Crippen LogP contribution in [0, 0.1) is 5.41 Å². The van der Waals surface area contributed by atoms with Crippen LogP contribution in [0.15, 0.2) is 0 Å². The number of hydrazine groups is 1. The monoisotopic (exact) mass is 315 g/mol. The van der Waals surface area contributed by atoms with Gasteiger partial charge in [0.25, 0.3) is 0 Å². The molecule has 0 aromatic rings. The topological polar surface area (TPSA) is 90.9 Å². The predicted octanol–water partition coefficient (Wildman–Crippen LogP) is 2.57. The van der Waals surface area contributed by atoms with Gasteiger partial charge in [-0.2, -0.15) is 0 Å². The van der Waals surface area contributed by atoms with Crippen molar-refractivity contribution >= 4 is 12.2 Å². The molecule has 1 heterocycles. The first-order valence-corrected chi connectivity index (χ1v) is 7.64. The van der Waals surface area contributed by atoms with Gasteiger partial charge in [-0.25, -0.2) is 15.0 Å². The average Bonchev–Trinajstić information content (AvgIpc) is 2.32. The number of piperidine rings is 1. The number of carboxylic acid groups (broad SMARTS) is 1. The highest BCUT2D eigenvalue weighted by atomic mass is 16.6. The van der Waals surface area contributed by atoms with E-state index in [1.165, 1.54) is 4.90 Å². The minimum absolute atomic E-state index is 0.0207. The van der Waals surface area contributed by atoms with Crippen LogP contribution in [0.3, 0.4) is 0 Å². The van der Waals surface area contributed by atoms with Gasteiger partial charge in [0.1, 0.15) is 5.60 Å². The Kier molecular flexibility index (Phi) is 5.67. The molecule has 22 heavy (non-hydrogen) atoms. The molecule has 0 radical (unpaired) electrons. The molecule has 1 fully saturated rings. The van der Waals surface area contributed by atoms with E-state index < -0.39 is 17.8 Å². The van der Waals surface area contributed by atoms with E-state index in [2.05, 4.69) is 10.9 Å². The summed E-state index contributed by atoms with van der Waals surface area (Å²) in [5, 5.41) is 9.32. The van der Waals surface area contributed by atoms with E-state index in [9.17, 15) is 14.7 Å². The van der Waals surface area contributed by atoms with E-state index in [0.29, 0.717) is 19.4 Å². The van der Waals surface area contributed by atoms with Gasteiger partial charge < -0.3 is 14.7 Å². The first-order chi connectivity index (χ1) is 9.90. The minimum atomic E-state index is -0.890. The largest absolute Gasteiger partial charge is 0.465 e. The number of likely N-dealkylation sites (tertiary alicyclic amines) is 1. The van der Waals surface area contributed by atoms with Crippen LogP contribution >= 0.6 is 0 Å². The van der Waals surface area contributed by atoms with Gasteiger partial charge in [0, 0.05) is 18.6 Å². The van der Waals surface area contributed by atoms with E-state index in [1.54, 1.807) is 20.8 Å². The van der Waals surface area contributed by atoms with Gasteiger partial charge in [0.15, 0.2) is 0 Å². The highest BCUT2D eigenvalue weighted by Crippen LogP contribution is 2.31. The van der Waals surface area contributed by atoms with Crippen LogP contribution in [0.4, 0.5) is 9.59 Å². The highest BCUT2D eigenvalue weighted by molar-refractivity contribution is 5.67. The Labute approximate surface area is 132 Å². The third-order valence-corrected chi connectivity index (χ3v) is 3.63. The van der Waals surface area contributed by atoms with E-state index >= 15 is 0 Å². The van der Waals surface area contributed by atoms with E-state index in [1.807, 2.05) is 20.8 Å². The Morgan fingerprint density at radius 1 is 1.18 bits per heavy atom. The molecular formula is C15H29N3O4. The number of hydrogen-bond acceptors (Lipinski definition) is 4. The Hall–Kier alpha value is -1.50. The fourth-order valence-electron chi connectivity index (χ4n) is 2.61. The lowest BCUT2D eigenvalue weighted by Crippen LogP contribution is -2.57. The third-order valence-electron chi connectivity index (χ3n) is 3.63. The maximum Gasteiger partial charge on any atom is 0.422 e. The summed E-state index contributed by atoms with van der Waals surface area (Å²) < 4.78 is 5.17. The molecule has 2 unspecified atom stereocenters. The average molecular weight is 315 g/mol. The number of amides is 2. The van der Waals surface area contributed by atoms with Crippen molar-refractivity contribution in [3.8, 4) is 0 Å². The Bertz CT molecular complexity index is 412. The first kappa shape index (κ1) is 18.5. The summed E-state index contributed by atoms with van der Waals surface area (Å²) >= 11 is 0. The molecule has 7 nitrogen and oxygen atoms in total. The molecule has 0 spiro atoms. The van der Waals surface area contributed by atoms with Crippen molar-refractivity contribution in [1.29, 1.82) is 0 Å². The van der Waals surface area contributed by atoms with E-state index in [0.717, 1.165) is 0 Å². The zero-order valence-electron chi connectivity index (χ0n) is 14.4. The molecule has 1 rings (SSSR count). The summed E-state index contributed by atoms with van der Waals surface area (Å²) in [4.78, 5) is 24.5. The van der Waals surface area contributed by atoms with Crippen molar-refractivity contribution < 1.29 is 19.4 Å². The molecule has 0 aromatic heterocycles. The summed E-state index contributed by atoms with van der Waals surface area (Å²) in [6.45, 7) is 11.9. The summed E-state index contributed by atoms with van der Waals surface area (Å²) in [5.74, 6) is 0. The van der Waals surface area contributed by atoms with Gasteiger partial charge in [-0.3, -0.25) is 5.43 Å². The maximum absolute atomic E-state index is 11.7. The molecule has 7 heteroatoms. The number of carbonyl (C=O) groups excluding carboxylic acids is 1. The Morgan fingerprint density at radius 3 is 2.23 bits per heavy atom. The summed E-state index contributed by atoms with van der Waals surface area (Å²) in [5.41, 5.74) is 4.80. The number of nitrogens with zero attached hydrogens (tertiary/aromatic N) is 1. The summed E-state index contributed by atoms with van der Waals surface area (Å²) in [6, 6.07) is -0.0796. The molecule has 2 atom stereocenters. The zero-order chi connectivity index (χ0) is 17.1. The number of rotatable bonds is 2. The van der Waals surface area contributed by atoms with Gasteiger partial charge in [0.05, 0.1) is 0 Å². The van der Waals surface area contributed by atoms with E-state index in [4.69, 9.17) is 4.74 Å². The van der Waals surface area contributed by atoms with Crippen molar-refractivity contribution in [2.24, 2.45) is 5.41 Å². The normalized spacial score (nSPS) is 23.1. The van der Waals surface area contributed by atoms with Crippen molar-refractivity contribution in [3.05, 3.63) is 0 Å². The Morgan fingerprint density at radius 2 is 1.77 bits per heavy atom. The molecule has 0 saturated carbocycles. The lowest BCUT2D eigenvalue weighted by Gasteiger charge is -2.44. The molecule has 0 aromatic carbocycles. The molecule has 0 bridgehead atoms. The third kappa shape index (κ3) is 5.71. The van der Waals surface area contributed by atoms with Gasteiger partial charge in [-0.1, -0.05) is 20.8 Å². The van der Waals surface area contributed by atoms with Crippen LogP contribution in [0.2, 0.25) is 0 Å². The standard InChI is InChI=1S/C15H29N3O4/c1-14(2,3)11-9-10(7-8-18(11)13(20)21)16-17-12(19)22-15(4,5)6/h10-11,16H,7-9H2,1-6H3,(H,17,19)(H,20,21). The van der Waals surface area contributed by atoms with Gasteiger partial charge in [-0.05, 0) is 39.0 Å². The lowest BCUT2D eigenvalue weighted by atomic mass is 9.79. The quantitative estimate of drug-likeness (QED) is 0.681. The van der Waals surface area contributed by atoms with Gasteiger partial charge >= 0.3 is 12.2 Å². The number of nitrogens with one attached hydrogen (secondary N) is 2. The summed E-state index contributed by atoms with van der Waals surface area (Å²) in [7, 11) is 0. The highest BCUT2D eigenvalue weighted by Gasteiger charge is 2.38. The van der Waals surface area contributed by atoms with Crippen LogP contribution < -0.4 is 10.9 Å². The maximum atomic E-state index is 11.7. The Balaban J connectivity index is 2.58. The lowest BCUT2D eigenvalue weighted by molar-refractivity contribution is 0.0354. The number of hydrogen-bond donors (Lipinski definition) is 3. The van der Waals surface area contributed by atoms with Gasteiger partial charge in [-0.15, -0.1) is 0 Å². The molecule has 1 aliphatic heterocycles. The molecular weight excluding hydrogens is 286 g/mol. The smallest absolute Gasteiger partial charge is 0.422 e. The number of carbonyl (C=O) groups is 2. The SMILES string of the molecule is CC(C)(C)OC(=O)NNC1CCN(C(=O)O)C(C(C)(C)C)C1. The molecule has 128 valence electrons. The predicted molar refractivity (Wildman–Crippen MR) is 83.5 cm³/mol. The molecule has 3 N–H and O–H groups in total. The fraction of sp³-hybridized carbons (Fsp3) is 0.867. The fourth-order valence-corrected chi connectivity index (χ4v) is 2.61. The second-order valence-corrected chi connectivity index (χ2v) is 7.85. The number of ether oxygens (including phenoxy) is 1. The van der Waals surface area contributed by atoms with Crippen LogP contribution in [0.1, 0.15) is 54.4 Å². The second-order valence-electron chi connectivity index (χ2n) is 7.85. The van der Waals surface area contributed by atoms with Crippen LogP contribution in [-0.4, -0.2) is 46.4 Å². The van der Waals surface area contributed by atoms with Crippen molar-refractivity contribution in [2.45, 2.75) is 72.1 Å².